The highest BCUT2D eigenvalue weighted by atomic mass is 16.6. The maximum Gasteiger partial charge on any atom is 0.414 e. The van der Waals surface area contributed by atoms with E-state index < -0.39 is 0 Å². The molecule has 2 rings (SSSR count). The standard InChI is InChI=1S/C14H16N4O3/c1-17(8-2-7-15)13(19)16-11-3-5-12(6-4-11)18-9-10-21-14(18)20/h3-6H,2,8-10H2,1H3,(H,16,19). The summed E-state index contributed by atoms with van der Waals surface area (Å²) < 4.78 is 4.87. The molecule has 1 aliphatic rings. The fourth-order valence-electron chi connectivity index (χ4n) is 1.89. The monoisotopic (exact) mass is 288 g/mol. The molecule has 1 aromatic rings. The minimum Gasteiger partial charge on any atom is -0.447 e. The zero-order chi connectivity index (χ0) is 15.2. The first-order valence-electron chi connectivity index (χ1n) is 6.55. The van der Waals surface area contributed by atoms with E-state index in [2.05, 4.69) is 5.32 Å². The molecular weight excluding hydrogens is 272 g/mol. The molecule has 1 aromatic carbocycles. The van der Waals surface area contributed by atoms with E-state index >= 15 is 0 Å². The number of carbonyl (C=O) groups excluding carboxylic acids is 2. The lowest BCUT2D eigenvalue weighted by atomic mass is 10.2. The molecule has 3 amide bonds. The van der Waals surface area contributed by atoms with Gasteiger partial charge in [0, 0.05) is 25.0 Å². The summed E-state index contributed by atoms with van der Waals surface area (Å²) >= 11 is 0. The Balaban J connectivity index is 1.95. The van der Waals surface area contributed by atoms with E-state index in [0.29, 0.717) is 31.8 Å². The normalized spacial score (nSPS) is 13.5. The first-order chi connectivity index (χ1) is 10.1. The zero-order valence-corrected chi connectivity index (χ0v) is 11.7. The Labute approximate surface area is 122 Å². The lowest BCUT2D eigenvalue weighted by Crippen LogP contribution is -2.32. The van der Waals surface area contributed by atoms with Crippen LogP contribution in [0.25, 0.3) is 0 Å². The third-order valence-corrected chi connectivity index (χ3v) is 3.10. The highest BCUT2D eigenvalue weighted by Gasteiger charge is 2.23. The van der Waals surface area contributed by atoms with Crippen molar-refractivity contribution in [2.24, 2.45) is 0 Å². The van der Waals surface area contributed by atoms with Gasteiger partial charge < -0.3 is 15.0 Å². The number of ether oxygens (including phenoxy) is 1. The van der Waals surface area contributed by atoms with Crippen molar-refractivity contribution in [2.45, 2.75) is 6.42 Å². The van der Waals surface area contributed by atoms with Gasteiger partial charge in [0.15, 0.2) is 0 Å². The molecule has 7 heteroatoms. The van der Waals surface area contributed by atoms with Crippen LogP contribution in [0.5, 0.6) is 0 Å². The van der Waals surface area contributed by atoms with Crippen molar-refractivity contribution in [3.05, 3.63) is 24.3 Å². The molecule has 0 aromatic heterocycles. The van der Waals surface area contributed by atoms with Gasteiger partial charge in [0.1, 0.15) is 6.61 Å². The fraction of sp³-hybridized carbons (Fsp3) is 0.357. The molecule has 0 unspecified atom stereocenters. The number of carbonyl (C=O) groups is 2. The second-order valence-corrected chi connectivity index (χ2v) is 4.57. The Morgan fingerprint density at radius 1 is 1.48 bits per heavy atom. The SMILES string of the molecule is CN(CCC#N)C(=O)Nc1ccc(N2CCOC2=O)cc1. The minimum absolute atomic E-state index is 0.279. The van der Waals surface area contributed by atoms with Gasteiger partial charge in [-0.3, -0.25) is 4.90 Å². The maximum atomic E-state index is 11.8. The lowest BCUT2D eigenvalue weighted by Gasteiger charge is -2.17. The molecule has 0 aliphatic carbocycles. The Bertz CT molecular complexity index is 565. The summed E-state index contributed by atoms with van der Waals surface area (Å²) in [6.07, 6.45) is -0.0667. The second-order valence-electron chi connectivity index (χ2n) is 4.57. The molecule has 1 fully saturated rings. The van der Waals surface area contributed by atoms with Crippen molar-refractivity contribution in [1.29, 1.82) is 5.26 Å². The molecule has 0 spiro atoms. The van der Waals surface area contributed by atoms with E-state index in [4.69, 9.17) is 10.00 Å². The number of amides is 3. The second kappa shape index (κ2) is 6.61. The van der Waals surface area contributed by atoms with Crippen molar-refractivity contribution in [1.82, 2.24) is 4.90 Å². The third kappa shape index (κ3) is 3.63. The number of nitriles is 1. The van der Waals surface area contributed by atoms with E-state index in [1.165, 1.54) is 9.80 Å². The van der Waals surface area contributed by atoms with Crippen LogP contribution in [0.15, 0.2) is 24.3 Å². The molecule has 1 heterocycles. The van der Waals surface area contributed by atoms with Crippen LogP contribution in [0.2, 0.25) is 0 Å². The predicted octanol–water partition coefficient (Wildman–Crippen LogP) is 2.02. The summed E-state index contributed by atoms with van der Waals surface area (Å²) in [5.41, 5.74) is 1.36. The van der Waals surface area contributed by atoms with Crippen LogP contribution in [-0.4, -0.2) is 43.8 Å². The van der Waals surface area contributed by atoms with E-state index in [1.807, 2.05) is 6.07 Å². The first kappa shape index (κ1) is 14.7. The summed E-state index contributed by atoms with van der Waals surface area (Å²) in [7, 11) is 1.63. The van der Waals surface area contributed by atoms with E-state index in [-0.39, 0.29) is 12.1 Å². The van der Waals surface area contributed by atoms with Crippen molar-refractivity contribution in [2.75, 3.05) is 37.0 Å². The number of hydrogen-bond donors (Lipinski definition) is 1. The van der Waals surface area contributed by atoms with Gasteiger partial charge in [-0.25, -0.2) is 9.59 Å². The average Bonchev–Trinajstić information content (AvgIpc) is 2.91. The molecule has 0 saturated carbocycles. The van der Waals surface area contributed by atoms with Gasteiger partial charge in [0.2, 0.25) is 0 Å². The van der Waals surface area contributed by atoms with Crippen LogP contribution in [0, 0.1) is 11.3 Å². The van der Waals surface area contributed by atoms with Crippen molar-refractivity contribution in [3.8, 4) is 6.07 Å². The average molecular weight is 288 g/mol. The highest BCUT2D eigenvalue weighted by molar-refractivity contribution is 5.91. The highest BCUT2D eigenvalue weighted by Crippen LogP contribution is 2.21. The molecule has 1 saturated heterocycles. The van der Waals surface area contributed by atoms with Crippen LogP contribution in [0.3, 0.4) is 0 Å². The number of nitrogens with zero attached hydrogens (tertiary/aromatic N) is 3. The first-order valence-corrected chi connectivity index (χ1v) is 6.55. The van der Waals surface area contributed by atoms with Crippen molar-refractivity contribution in [3.63, 3.8) is 0 Å². The van der Waals surface area contributed by atoms with Gasteiger partial charge in [-0.1, -0.05) is 0 Å². The Kier molecular flexibility index (Phi) is 4.61. The lowest BCUT2D eigenvalue weighted by molar-refractivity contribution is 0.181. The van der Waals surface area contributed by atoms with Gasteiger partial charge in [0.25, 0.3) is 0 Å². The summed E-state index contributed by atoms with van der Waals surface area (Å²) in [5, 5.41) is 11.2. The van der Waals surface area contributed by atoms with E-state index in [9.17, 15) is 9.59 Å². The van der Waals surface area contributed by atoms with Crippen LogP contribution < -0.4 is 10.2 Å². The van der Waals surface area contributed by atoms with Crippen LogP contribution in [-0.2, 0) is 4.74 Å². The van der Waals surface area contributed by atoms with Crippen LogP contribution >= 0.6 is 0 Å². The summed E-state index contributed by atoms with van der Waals surface area (Å²) in [6, 6.07) is 8.64. The smallest absolute Gasteiger partial charge is 0.414 e. The summed E-state index contributed by atoms with van der Waals surface area (Å²) in [5.74, 6) is 0. The molecule has 1 aliphatic heterocycles. The number of cyclic esters (lactones) is 1. The number of nitrogens with one attached hydrogen (secondary N) is 1. The minimum atomic E-state index is -0.358. The zero-order valence-electron chi connectivity index (χ0n) is 11.7. The molecule has 0 bridgehead atoms. The van der Waals surface area contributed by atoms with Crippen LogP contribution in [0.4, 0.5) is 21.0 Å². The van der Waals surface area contributed by atoms with E-state index in [1.54, 1.807) is 31.3 Å². The predicted molar refractivity (Wildman–Crippen MR) is 77.0 cm³/mol. The molecule has 0 radical (unpaired) electrons. The topological polar surface area (TPSA) is 85.7 Å². The number of anilines is 2. The molecule has 1 N–H and O–H groups in total. The molecule has 110 valence electrons. The largest absolute Gasteiger partial charge is 0.447 e. The van der Waals surface area contributed by atoms with Crippen molar-refractivity contribution >= 4 is 23.5 Å². The number of benzene rings is 1. The number of hydrogen-bond acceptors (Lipinski definition) is 4. The molecule has 7 nitrogen and oxygen atoms in total. The Hall–Kier alpha value is -2.75. The van der Waals surface area contributed by atoms with Crippen LogP contribution in [0.1, 0.15) is 6.42 Å². The third-order valence-electron chi connectivity index (χ3n) is 3.10. The van der Waals surface area contributed by atoms with Gasteiger partial charge in [-0.05, 0) is 24.3 Å². The fourth-order valence-corrected chi connectivity index (χ4v) is 1.89. The molecular formula is C14H16N4O3. The van der Waals surface area contributed by atoms with E-state index in [0.717, 1.165) is 5.69 Å². The quantitative estimate of drug-likeness (QED) is 0.918. The summed E-state index contributed by atoms with van der Waals surface area (Å²) in [6.45, 7) is 1.29. The maximum absolute atomic E-state index is 11.8. The van der Waals surface area contributed by atoms with Gasteiger partial charge in [-0.2, -0.15) is 5.26 Å². The van der Waals surface area contributed by atoms with Gasteiger partial charge >= 0.3 is 12.1 Å². The van der Waals surface area contributed by atoms with Gasteiger partial charge in [-0.15, -0.1) is 0 Å². The molecule has 0 atom stereocenters. The Morgan fingerprint density at radius 3 is 2.76 bits per heavy atom. The number of urea groups is 1. The summed E-state index contributed by atoms with van der Waals surface area (Å²) in [4.78, 5) is 26.2. The molecule has 21 heavy (non-hydrogen) atoms. The van der Waals surface area contributed by atoms with Crippen molar-refractivity contribution < 1.29 is 14.3 Å². The van der Waals surface area contributed by atoms with Gasteiger partial charge in [0.05, 0.1) is 19.0 Å². The Morgan fingerprint density at radius 2 is 2.19 bits per heavy atom. The number of rotatable bonds is 4.